The molecule has 1 N–H and O–H groups in total. The van der Waals surface area contributed by atoms with Gasteiger partial charge in [-0.3, -0.25) is 0 Å². The van der Waals surface area contributed by atoms with Gasteiger partial charge in [0.1, 0.15) is 0 Å². The summed E-state index contributed by atoms with van der Waals surface area (Å²) < 4.78 is 39.0. The lowest BCUT2D eigenvalue weighted by atomic mass is 10.1. The number of hydrogen-bond donors (Lipinski definition) is 1. The Morgan fingerprint density at radius 2 is 2.00 bits per heavy atom. The van der Waals surface area contributed by atoms with Crippen molar-refractivity contribution in [1.29, 1.82) is 0 Å². The number of rotatable bonds is 4. The summed E-state index contributed by atoms with van der Waals surface area (Å²) in [4.78, 5) is 10.9. The number of ether oxygens (including phenoxy) is 1. The van der Waals surface area contributed by atoms with Crippen molar-refractivity contribution in [3.8, 4) is 0 Å². The average Bonchev–Trinajstić information content (AvgIpc) is 2.09. The Morgan fingerprint density at radius 1 is 1.47 bits per heavy atom. The van der Waals surface area contributed by atoms with Gasteiger partial charge in [0.2, 0.25) is 0 Å². The summed E-state index contributed by atoms with van der Waals surface area (Å²) in [5.41, 5.74) is 0. The molecule has 0 rings (SSSR count). The van der Waals surface area contributed by atoms with Gasteiger partial charge in [-0.05, 0) is 5.92 Å². The monoisotopic (exact) mass is 291 g/mol. The highest BCUT2D eigenvalue weighted by Crippen LogP contribution is 2.14. The van der Waals surface area contributed by atoms with Crippen LogP contribution in [0.5, 0.6) is 0 Å². The summed E-state index contributed by atoms with van der Waals surface area (Å²) >= 11 is 3.14. The number of hydrogen-bond acceptors (Lipinski definition) is 2. The largest absolute Gasteiger partial charge is 0.440 e. The van der Waals surface area contributed by atoms with E-state index in [-0.39, 0.29) is 12.0 Å². The van der Waals surface area contributed by atoms with Crippen LogP contribution in [0.25, 0.3) is 0 Å². The van der Waals surface area contributed by atoms with E-state index in [4.69, 9.17) is 0 Å². The number of halogens is 4. The lowest BCUT2D eigenvalue weighted by molar-refractivity contribution is -0.160. The van der Waals surface area contributed by atoms with Crippen LogP contribution in [0.3, 0.4) is 0 Å². The molecule has 0 aliphatic heterocycles. The first kappa shape index (κ1) is 14.5. The predicted molar refractivity (Wildman–Crippen MR) is 53.0 cm³/mol. The van der Waals surface area contributed by atoms with Crippen LogP contribution in [-0.2, 0) is 4.74 Å². The second kappa shape index (κ2) is 6.19. The zero-order chi connectivity index (χ0) is 12.1. The maximum Gasteiger partial charge on any atom is 0.422 e. The Hall–Kier alpha value is -0.460. The number of amides is 1. The van der Waals surface area contributed by atoms with Crippen molar-refractivity contribution in [3.63, 3.8) is 0 Å². The Labute approximate surface area is 94.5 Å². The molecule has 90 valence electrons. The van der Waals surface area contributed by atoms with E-state index in [0.29, 0.717) is 5.33 Å². The molecule has 0 aromatic carbocycles. The molecule has 0 saturated carbocycles. The maximum absolute atomic E-state index is 11.7. The van der Waals surface area contributed by atoms with Gasteiger partial charge in [-0.25, -0.2) is 4.79 Å². The molecule has 1 atom stereocenters. The number of nitrogens with one attached hydrogen (secondary N) is 1. The summed E-state index contributed by atoms with van der Waals surface area (Å²) in [6.07, 6.45) is -5.54. The molecular formula is C8H13BrF3NO2. The molecule has 0 aromatic rings. The van der Waals surface area contributed by atoms with Crippen LogP contribution in [-0.4, -0.2) is 30.2 Å². The van der Waals surface area contributed by atoms with Crippen LogP contribution in [0, 0.1) is 5.92 Å². The molecule has 0 saturated heterocycles. The van der Waals surface area contributed by atoms with Gasteiger partial charge in [0.25, 0.3) is 0 Å². The summed E-state index contributed by atoms with van der Waals surface area (Å²) in [5, 5.41) is 2.79. The molecule has 0 fully saturated rings. The molecule has 0 unspecified atom stereocenters. The Kier molecular flexibility index (Phi) is 6.00. The number of alkyl halides is 4. The van der Waals surface area contributed by atoms with Gasteiger partial charge in [-0.15, -0.1) is 0 Å². The van der Waals surface area contributed by atoms with Crippen molar-refractivity contribution in [2.75, 3.05) is 11.9 Å². The van der Waals surface area contributed by atoms with E-state index in [9.17, 15) is 18.0 Å². The zero-order valence-corrected chi connectivity index (χ0v) is 9.98. The average molecular weight is 292 g/mol. The van der Waals surface area contributed by atoms with E-state index >= 15 is 0 Å². The highest BCUT2D eigenvalue weighted by atomic mass is 79.9. The third kappa shape index (κ3) is 7.47. The molecule has 0 heterocycles. The molecule has 0 bridgehead atoms. The van der Waals surface area contributed by atoms with Crippen LogP contribution in [0.1, 0.15) is 13.8 Å². The molecule has 7 heteroatoms. The number of carbonyl (C=O) groups is 1. The smallest absolute Gasteiger partial charge is 0.422 e. The van der Waals surface area contributed by atoms with Crippen molar-refractivity contribution in [2.45, 2.75) is 26.1 Å². The first-order valence-corrected chi connectivity index (χ1v) is 5.44. The number of carbonyl (C=O) groups excluding carboxylic acids is 1. The van der Waals surface area contributed by atoms with Crippen LogP contribution in [0.4, 0.5) is 18.0 Å². The second-order valence-electron chi connectivity index (χ2n) is 3.34. The van der Waals surface area contributed by atoms with Crippen molar-refractivity contribution >= 4 is 22.0 Å². The second-order valence-corrected chi connectivity index (χ2v) is 3.99. The third-order valence-electron chi connectivity index (χ3n) is 1.64. The molecule has 1 amide bonds. The minimum Gasteiger partial charge on any atom is -0.440 e. The molecule has 15 heavy (non-hydrogen) atoms. The van der Waals surface area contributed by atoms with Gasteiger partial charge < -0.3 is 10.1 Å². The van der Waals surface area contributed by atoms with Crippen LogP contribution in [0.15, 0.2) is 0 Å². The lowest BCUT2D eigenvalue weighted by Gasteiger charge is -2.19. The number of alkyl carbamates (subject to hydrolysis) is 1. The van der Waals surface area contributed by atoms with Gasteiger partial charge in [0.15, 0.2) is 6.61 Å². The minimum atomic E-state index is -4.49. The topological polar surface area (TPSA) is 38.3 Å². The third-order valence-corrected chi connectivity index (χ3v) is 2.34. The highest BCUT2D eigenvalue weighted by Gasteiger charge is 2.30. The zero-order valence-electron chi connectivity index (χ0n) is 8.40. The van der Waals surface area contributed by atoms with Gasteiger partial charge >= 0.3 is 12.3 Å². The Bertz CT molecular complexity index is 209. The van der Waals surface area contributed by atoms with Crippen molar-refractivity contribution in [2.24, 2.45) is 5.92 Å². The first-order chi connectivity index (χ1) is 6.76. The fourth-order valence-corrected chi connectivity index (χ4v) is 1.63. The fourth-order valence-electron chi connectivity index (χ4n) is 0.724. The van der Waals surface area contributed by atoms with E-state index in [1.54, 1.807) is 0 Å². The molecular weight excluding hydrogens is 279 g/mol. The molecule has 0 aliphatic rings. The molecule has 0 spiro atoms. The standard InChI is InChI=1S/C8H13BrF3NO2/c1-5(2)6(3-9)13-7(14)15-4-8(10,11)12/h5-6H,3-4H2,1-2H3,(H,13,14)/t6-/m1/s1. The van der Waals surface area contributed by atoms with E-state index in [1.165, 1.54) is 0 Å². The SMILES string of the molecule is CC(C)[C@@H](CBr)NC(=O)OCC(F)(F)F. The van der Waals surface area contributed by atoms with E-state index in [1.807, 2.05) is 13.8 Å². The van der Waals surface area contributed by atoms with Crippen LogP contribution >= 0.6 is 15.9 Å². The highest BCUT2D eigenvalue weighted by molar-refractivity contribution is 9.09. The minimum absolute atomic E-state index is 0.114. The normalized spacial score (nSPS) is 13.8. The summed E-state index contributed by atoms with van der Waals surface area (Å²) in [7, 11) is 0. The lowest BCUT2D eigenvalue weighted by Crippen LogP contribution is -2.41. The summed E-state index contributed by atoms with van der Waals surface area (Å²) in [6.45, 7) is 2.12. The molecule has 0 radical (unpaired) electrons. The quantitative estimate of drug-likeness (QED) is 0.809. The first-order valence-electron chi connectivity index (χ1n) is 4.32. The van der Waals surface area contributed by atoms with Crippen molar-refractivity contribution < 1.29 is 22.7 Å². The van der Waals surface area contributed by atoms with Crippen LogP contribution < -0.4 is 5.32 Å². The van der Waals surface area contributed by atoms with Gasteiger partial charge in [-0.2, -0.15) is 13.2 Å². The maximum atomic E-state index is 11.7. The van der Waals surface area contributed by atoms with E-state index in [2.05, 4.69) is 26.0 Å². The van der Waals surface area contributed by atoms with Crippen molar-refractivity contribution in [1.82, 2.24) is 5.32 Å². The summed E-state index contributed by atoms with van der Waals surface area (Å²) in [5.74, 6) is 0.114. The predicted octanol–water partition coefficient (Wildman–Crippen LogP) is 2.69. The fraction of sp³-hybridized carbons (Fsp3) is 0.875. The van der Waals surface area contributed by atoms with Crippen LogP contribution in [0.2, 0.25) is 0 Å². The van der Waals surface area contributed by atoms with Crippen molar-refractivity contribution in [3.05, 3.63) is 0 Å². The molecule has 3 nitrogen and oxygen atoms in total. The molecule has 0 aromatic heterocycles. The van der Waals surface area contributed by atoms with Gasteiger partial charge in [0, 0.05) is 11.4 Å². The molecule has 0 aliphatic carbocycles. The van der Waals surface area contributed by atoms with E-state index in [0.717, 1.165) is 0 Å². The van der Waals surface area contributed by atoms with Gasteiger partial charge in [0.05, 0.1) is 0 Å². The van der Waals surface area contributed by atoms with E-state index < -0.39 is 18.9 Å². The summed E-state index contributed by atoms with van der Waals surface area (Å²) in [6, 6.07) is -0.245. The Balaban J connectivity index is 3.92. The van der Waals surface area contributed by atoms with Gasteiger partial charge in [-0.1, -0.05) is 29.8 Å². The Morgan fingerprint density at radius 3 is 2.33 bits per heavy atom.